The lowest BCUT2D eigenvalue weighted by atomic mass is 9.74. The minimum atomic E-state index is -0.290. The molecule has 0 unspecified atom stereocenters. The predicted octanol–water partition coefficient (Wildman–Crippen LogP) is 2.70. The molecule has 1 saturated carbocycles. The first-order chi connectivity index (χ1) is 11.4. The zero-order chi connectivity index (χ0) is 16.9. The molecule has 24 heavy (non-hydrogen) atoms. The van der Waals surface area contributed by atoms with Crippen LogP contribution in [0.25, 0.3) is 0 Å². The summed E-state index contributed by atoms with van der Waals surface area (Å²) in [5.41, 5.74) is 3.36. The van der Waals surface area contributed by atoms with Crippen molar-refractivity contribution in [2.24, 2.45) is 0 Å². The lowest BCUT2D eigenvalue weighted by Crippen LogP contribution is -2.41. The molecule has 0 spiro atoms. The van der Waals surface area contributed by atoms with Crippen molar-refractivity contribution in [3.05, 3.63) is 23.8 Å². The Morgan fingerprint density at radius 3 is 2.21 bits per heavy atom. The smallest absolute Gasteiger partial charge is 0.399 e. The molecule has 0 atom stereocenters. The highest BCUT2D eigenvalue weighted by molar-refractivity contribution is 6.62. The average Bonchev–Trinajstić information content (AvgIpc) is 3.35. The van der Waals surface area contributed by atoms with Crippen LogP contribution in [-0.4, -0.2) is 44.6 Å². The van der Waals surface area contributed by atoms with E-state index in [0.29, 0.717) is 5.92 Å². The van der Waals surface area contributed by atoms with Crippen molar-refractivity contribution >= 4 is 18.3 Å². The van der Waals surface area contributed by atoms with E-state index in [9.17, 15) is 0 Å². The molecule has 0 radical (unpaired) electrons. The van der Waals surface area contributed by atoms with Gasteiger partial charge in [-0.3, -0.25) is 0 Å². The van der Waals surface area contributed by atoms with E-state index in [1.165, 1.54) is 29.6 Å². The van der Waals surface area contributed by atoms with Gasteiger partial charge in [0.1, 0.15) is 0 Å². The maximum absolute atomic E-state index is 6.30. The van der Waals surface area contributed by atoms with Crippen molar-refractivity contribution in [1.82, 2.24) is 0 Å². The first-order valence-corrected chi connectivity index (χ1v) is 9.19. The molecule has 2 aliphatic heterocycles. The Bertz CT molecular complexity index is 605. The summed E-state index contributed by atoms with van der Waals surface area (Å²) < 4.78 is 18.1. The summed E-state index contributed by atoms with van der Waals surface area (Å²) in [6.45, 7) is 12.0. The zero-order valence-corrected chi connectivity index (χ0v) is 15.3. The molecular weight excluding hydrogens is 301 g/mol. The molecule has 0 bridgehead atoms. The van der Waals surface area contributed by atoms with Gasteiger partial charge in [0.2, 0.25) is 0 Å². The highest BCUT2D eigenvalue weighted by Crippen LogP contribution is 2.42. The molecule has 130 valence electrons. The lowest BCUT2D eigenvalue weighted by molar-refractivity contribution is 0.00578. The van der Waals surface area contributed by atoms with E-state index in [2.05, 4.69) is 50.8 Å². The number of anilines is 1. The van der Waals surface area contributed by atoms with Crippen molar-refractivity contribution in [2.45, 2.75) is 57.7 Å². The van der Waals surface area contributed by atoms with Crippen LogP contribution in [0.3, 0.4) is 0 Å². The monoisotopic (exact) mass is 329 g/mol. The molecule has 0 amide bonds. The Morgan fingerprint density at radius 2 is 1.62 bits per heavy atom. The van der Waals surface area contributed by atoms with E-state index in [4.69, 9.17) is 14.0 Å². The number of hydrogen-bond acceptors (Lipinski definition) is 4. The fraction of sp³-hybridized carbons (Fsp3) is 0.684. The third-order valence-electron chi connectivity index (χ3n) is 5.97. The molecule has 1 aliphatic carbocycles. The maximum Gasteiger partial charge on any atom is 0.495 e. The maximum atomic E-state index is 6.30. The summed E-state index contributed by atoms with van der Waals surface area (Å²) in [5.74, 6) is 0.667. The van der Waals surface area contributed by atoms with Crippen LogP contribution < -0.4 is 10.4 Å². The van der Waals surface area contributed by atoms with E-state index >= 15 is 0 Å². The second-order valence-electron chi connectivity index (χ2n) is 8.28. The van der Waals surface area contributed by atoms with E-state index in [-0.39, 0.29) is 18.3 Å². The first kappa shape index (κ1) is 16.4. The van der Waals surface area contributed by atoms with Gasteiger partial charge in [0.25, 0.3) is 0 Å². The van der Waals surface area contributed by atoms with Gasteiger partial charge in [-0.05, 0) is 69.6 Å². The van der Waals surface area contributed by atoms with Crippen LogP contribution in [0.2, 0.25) is 0 Å². The third-order valence-corrected chi connectivity index (χ3v) is 5.97. The molecule has 2 heterocycles. The van der Waals surface area contributed by atoms with E-state index in [1.54, 1.807) is 0 Å². The topological polar surface area (TPSA) is 30.9 Å². The van der Waals surface area contributed by atoms with Crippen molar-refractivity contribution < 1.29 is 14.0 Å². The zero-order valence-electron chi connectivity index (χ0n) is 15.3. The quantitative estimate of drug-likeness (QED) is 0.798. The second-order valence-corrected chi connectivity index (χ2v) is 8.28. The molecule has 3 aliphatic rings. The van der Waals surface area contributed by atoms with Crippen molar-refractivity contribution in [3.63, 3.8) is 0 Å². The van der Waals surface area contributed by atoms with Gasteiger partial charge < -0.3 is 18.9 Å². The Labute approximate surface area is 145 Å². The number of nitrogens with zero attached hydrogens (tertiary/aromatic N) is 1. The molecule has 1 aromatic rings. The Kier molecular flexibility index (Phi) is 3.94. The molecule has 1 aromatic carbocycles. The molecule has 0 aromatic heterocycles. The highest BCUT2D eigenvalue weighted by Gasteiger charge is 2.52. The molecular formula is C19H28BNO3. The average molecular weight is 329 g/mol. The summed E-state index contributed by atoms with van der Waals surface area (Å²) in [4.78, 5) is 2.42. The molecule has 3 fully saturated rings. The molecule has 2 saturated heterocycles. The fourth-order valence-corrected chi connectivity index (χ4v) is 3.51. The molecule has 0 N–H and O–H groups in total. The summed E-state index contributed by atoms with van der Waals surface area (Å²) in [7, 11) is -0.260. The van der Waals surface area contributed by atoms with Crippen LogP contribution in [0.1, 0.15) is 52.0 Å². The van der Waals surface area contributed by atoms with Gasteiger partial charge in [-0.15, -0.1) is 0 Å². The normalized spacial score (nSPS) is 26.0. The van der Waals surface area contributed by atoms with Gasteiger partial charge in [-0.1, -0.05) is 6.07 Å². The SMILES string of the molecule is CC1(C)OB(c2ccc(N3CCOCC3)cc2C2CC2)OC1(C)C. The van der Waals surface area contributed by atoms with E-state index < -0.39 is 0 Å². The lowest BCUT2D eigenvalue weighted by Gasteiger charge is -2.32. The Balaban J connectivity index is 1.64. The largest absolute Gasteiger partial charge is 0.495 e. The van der Waals surface area contributed by atoms with Gasteiger partial charge in [0.05, 0.1) is 24.4 Å². The number of morpholine rings is 1. The summed E-state index contributed by atoms with van der Waals surface area (Å²) >= 11 is 0. The molecule has 4 rings (SSSR count). The van der Waals surface area contributed by atoms with E-state index in [0.717, 1.165) is 26.3 Å². The van der Waals surface area contributed by atoms with Gasteiger partial charge in [0.15, 0.2) is 0 Å². The van der Waals surface area contributed by atoms with Crippen LogP contribution >= 0.6 is 0 Å². The minimum Gasteiger partial charge on any atom is -0.399 e. The standard InChI is InChI=1S/C19H28BNO3/c1-18(2)19(3,4)24-20(23-18)17-8-7-15(13-16(17)14-5-6-14)21-9-11-22-12-10-21/h7-8,13-14H,5-6,9-12H2,1-4H3. The van der Waals surface area contributed by atoms with Crippen LogP contribution in [0.15, 0.2) is 18.2 Å². The fourth-order valence-electron chi connectivity index (χ4n) is 3.51. The van der Waals surface area contributed by atoms with Crippen molar-refractivity contribution in [2.75, 3.05) is 31.2 Å². The van der Waals surface area contributed by atoms with Crippen LogP contribution in [0.5, 0.6) is 0 Å². The molecule has 4 nitrogen and oxygen atoms in total. The first-order valence-electron chi connectivity index (χ1n) is 9.19. The minimum absolute atomic E-state index is 0.260. The predicted molar refractivity (Wildman–Crippen MR) is 97.2 cm³/mol. The van der Waals surface area contributed by atoms with Crippen LogP contribution in [0.4, 0.5) is 5.69 Å². The van der Waals surface area contributed by atoms with Gasteiger partial charge in [-0.2, -0.15) is 0 Å². The summed E-state index contributed by atoms with van der Waals surface area (Å²) in [6.07, 6.45) is 2.55. The second kappa shape index (κ2) is 5.75. The van der Waals surface area contributed by atoms with Gasteiger partial charge in [0, 0.05) is 18.8 Å². The number of benzene rings is 1. The third kappa shape index (κ3) is 2.87. The van der Waals surface area contributed by atoms with Crippen molar-refractivity contribution in [1.29, 1.82) is 0 Å². The number of rotatable bonds is 3. The van der Waals surface area contributed by atoms with Crippen LogP contribution in [0, 0.1) is 0 Å². The number of hydrogen-bond donors (Lipinski definition) is 0. The highest BCUT2D eigenvalue weighted by atomic mass is 16.7. The van der Waals surface area contributed by atoms with Crippen LogP contribution in [-0.2, 0) is 14.0 Å². The molecule has 5 heteroatoms. The Morgan fingerprint density at radius 1 is 1.00 bits per heavy atom. The Hall–Kier alpha value is -1.04. The van der Waals surface area contributed by atoms with Crippen molar-refractivity contribution in [3.8, 4) is 0 Å². The number of ether oxygens (including phenoxy) is 1. The summed E-state index contributed by atoms with van der Waals surface area (Å²) in [5, 5.41) is 0. The summed E-state index contributed by atoms with van der Waals surface area (Å²) in [6, 6.07) is 6.81. The van der Waals surface area contributed by atoms with Gasteiger partial charge >= 0.3 is 7.12 Å². The van der Waals surface area contributed by atoms with E-state index in [1.807, 2.05) is 0 Å². The van der Waals surface area contributed by atoms with Gasteiger partial charge in [-0.25, -0.2) is 0 Å².